The van der Waals surface area contributed by atoms with Crippen molar-refractivity contribution in [2.45, 2.75) is 39.7 Å². The van der Waals surface area contributed by atoms with Crippen LogP contribution in [0.25, 0.3) is 0 Å². The van der Waals surface area contributed by atoms with Gasteiger partial charge < -0.3 is 4.90 Å². The molecule has 1 fully saturated rings. The Bertz CT molecular complexity index is 156. The van der Waals surface area contributed by atoms with E-state index in [1.807, 2.05) is 4.90 Å². The van der Waals surface area contributed by atoms with E-state index in [-0.39, 0.29) is 5.91 Å². The number of carbonyl (C=O) groups excluding carboxylic acids is 1. The molecule has 0 aliphatic carbocycles. The summed E-state index contributed by atoms with van der Waals surface area (Å²) in [6, 6.07) is 0.446. The summed E-state index contributed by atoms with van der Waals surface area (Å²) in [7, 11) is 0. The molecule has 1 amide bonds. The molecule has 2 nitrogen and oxygen atoms in total. The van der Waals surface area contributed by atoms with E-state index in [1.165, 1.54) is 12.8 Å². The first-order valence-corrected chi connectivity index (χ1v) is 4.40. The molecule has 1 rings (SSSR count). The molecule has 2 atom stereocenters. The van der Waals surface area contributed by atoms with Crippen LogP contribution in [-0.2, 0) is 4.79 Å². The average Bonchev–Trinajstić information content (AvgIpc) is 1.94. The van der Waals surface area contributed by atoms with Gasteiger partial charge in [-0.2, -0.15) is 0 Å². The Kier molecular flexibility index (Phi) is 2.53. The SMILES string of the molecule is CC(=O)N1CCC[C@H](C)C1C. The van der Waals surface area contributed by atoms with Gasteiger partial charge in [0.2, 0.25) is 5.91 Å². The van der Waals surface area contributed by atoms with Crippen LogP contribution in [-0.4, -0.2) is 23.4 Å². The number of hydrogen-bond acceptors (Lipinski definition) is 1. The highest BCUT2D eigenvalue weighted by atomic mass is 16.2. The third kappa shape index (κ3) is 1.73. The van der Waals surface area contributed by atoms with Gasteiger partial charge in [0, 0.05) is 19.5 Å². The predicted molar refractivity (Wildman–Crippen MR) is 45.2 cm³/mol. The van der Waals surface area contributed by atoms with Crippen LogP contribution in [0.5, 0.6) is 0 Å². The Labute approximate surface area is 68.6 Å². The number of amides is 1. The highest BCUT2D eigenvalue weighted by molar-refractivity contribution is 5.73. The second-order valence-corrected chi connectivity index (χ2v) is 3.57. The lowest BCUT2D eigenvalue weighted by molar-refractivity contribution is -0.133. The molecule has 0 spiro atoms. The number of likely N-dealkylation sites (tertiary alicyclic amines) is 1. The van der Waals surface area contributed by atoms with Crippen LogP contribution in [0.1, 0.15) is 33.6 Å². The fourth-order valence-corrected chi connectivity index (χ4v) is 1.78. The third-order valence-electron chi connectivity index (χ3n) is 2.78. The number of rotatable bonds is 0. The number of hydrogen-bond donors (Lipinski definition) is 0. The van der Waals surface area contributed by atoms with Crippen molar-refractivity contribution in [2.75, 3.05) is 6.54 Å². The fraction of sp³-hybridized carbons (Fsp3) is 0.889. The van der Waals surface area contributed by atoms with Gasteiger partial charge in [0.05, 0.1) is 0 Å². The molecule has 0 bridgehead atoms. The summed E-state index contributed by atoms with van der Waals surface area (Å²) in [4.78, 5) is 13.1. The normalized spacial score (nSPS) is 32.1. The molecule has 1 unspecified atom stereocenters. The lowest BCUT2D eigenvalue weighted by Gasteiger charge is -2.37. The molecule has 1 saturated heterocycles. The lowest BCUT2D eigenvalue weighted by Crippen LogP contribution is -2.44. The van der Waals surface area contributed by atoms with Crippen molar-refractivity contribution in [1.82, 2.24) is 4.90 Å². The Balaban J connectivity index is 2.58. The average molecular weight is 155 g/mol. The highest BCUT2D eigenvalue weighted by Gasteiger charge is 2.25. The van der Waals surface area contributed by atoms with Crippen LogP contribution in [0.15, 0.2) is 0 Å². The Morgan fingerprint density at radius 3 is 2.55 bits per heavy atom. The van der Waals surface area contributed by atoms with Gasteiger partial charge in [-0.3, -0.25) is 4.79 Å². The molecule has 1 heterocycles. The van der Waals surface area contributed by atoms with E-state index in [0.29, 0.717) is 12.0 Å². The van der Waals surface area contributed by atoms with Crippen molar-refractivity contribution in [3.8, 4) is 0 Å². The van der Waals surface area contributed by atoms with Gasteiger partial charge in [0.1, 0.15) is 0 Å². The van der Waals surface area contributed by atoms with Crippen molar-refractivity contribution in [3.05, 3.63) is 0 Å². The van der Waals surface area contributed by atoms with Gasteiger partial charge in [-0.25, -0.2) is 0 Å². The molecule has 0 N–H and O–H groups in total. The zero-order chi connectivity index (χ0) is 8.43. The lowest BCUT2D eigenvalue weighted by atomic mass is 9.92. The van der Waals surface area contributed by atoms with E-state index in [4.69, 9.17) is 0 Å². The van der Waals surface area contributed by atoms with Gasteiger partial charge in [0.25, 0.3) is 0 Å². The van der Waals surface area contributed by atoms with Crippen LogP contribution in [0.4, 0.5) is 0 Å². The summed E-state index contributed by atoms with van der Waals surface area (Å²) in [5.74, 6) is 0.900. The van der Waals surface area contributed by atoms with Gasteiger partial charge in [0.15, 0.2) is 0 Å². The Morgan fingerprint density at radius 2 is 2.09 bits per heavy atom. The predicted octanol–water partition coefficient (Wildman–Crippen LogP) is 1.65. The van der Waals surface area contributed by atoms with E-state index in [9.17, 15) is 4.79 Å². The third-order valence-corrected chi connectivity index (χ3v) is 2.78. The second kappa shape index (κ2) is 3.24. The number of nitrogens with zero attached hydrogens (tertiary/aromatic N) is 1. The maximum atomic E-state index is 11.1. The zero-order valence-corrected chi connectivity index (χ0v) is 7.63. The van der Waals surface area contributed by atoms with E-state index >= 15 is 0 Å². The molecular formula is C9H17NO. The molecule has 0 aromatic rings. The molecule has 0 radical (unpaired) electrons. The maximum Gasteiger partial charge on any atom is 0.219 e. The minimum absolute atomic E-state index is 0.226. The van der Waals surface area contributed by atoms with Crippen LogP contribution in [0, 0.1) is 5.92 Å². The smallest absolute Gasteiger partial charge is 0.219 e. The van der Waals surface area contributed by atoms with Crippen molar-refractivity contribution < 1.29 is 4.79 Å². The van der Waals surface area contributed by atoms with Crippen LogP contribution >= 0.6 is 0 Å². The first kappa shape index (κ1) is 8.57. The first-order chi connectivity index (χ1) is 5.13. The molecule has 1 aliphatic heterocycles. The minimum Gasteiger partial charge on any atom is -0.340 e. The van der Waals surface area contributed by atoms with Crippen molar-refractivity contribution in [1.29, 1.82) is 0 Å². The molecule has 0 aromatic heterocycles. The molecule has 1 aliphatic rings. The van der Waals surface area contributed by atoms with Gasteiger partial charge in [-0.1, -0.05) is 6.92 Å². The minimum atomic E-state index is 0.226. The van der Waals surface area contributed by atoms with E-state index in [1.54, 1.807) is 6.92 Å². The Morgan fingerprint density at radius 1 is 1.45 bits per heavy atom. The zero-order valence-electron chi connectivity index (χ0n) is 7.63. The topological polar surface area (TPSA) is 20.3 Å². The first-order valence-electron chi connectivity index (χ1n) is 4.40. The van der Waals surface area contributed by atoms with Gasteiger partial charge in [-0.05, 0) is 25.7 Å². The van der Waals surface area contributed by atoms with E-state index < -0.39 is 0 Å². The molecular weight excluding hydrogens is 138 g/mol. The standard InChI is InChI=1S/C9H17NO/c1-7-5-4-6-10(8(7)2)9(3)11/h7-8H,4-6H2,1-3H3/t7-,8?/m0/s1. The summed E-state index contributed by atoms with van der Waals surface area (Å²) in [5, 5.41) is 0. The Hall–Kier alpha value is -0.530. The molecule has 2 heteroatoms. The summed E-state index contributed by atoms with van der Waals surface area (Å²) >= 11 is 0. The van der Waals surface area contributed by atoms with Crippen molar-refractivity contribution in [3.63, 3.8) is 0 Å². The van der Waals surface area contributed by atoms with E-state index in [2.05, 4.69) is 13.8 Å². The summed E-state index contributed by atoms with van der Waals surface area (Å²) in [5.41, 5.74) is 0. The summed E-state index contributed by atoms with van der Waals surface area (Å²) in [6.07, 6.45) is 2.44. The van der Waals surface area contributed by atoms with Crippen molar-refractivity contribution in [2.24, 2.45) is 5.92 Å². The monoisotopic (exact) mass is 155 g/mol. The molecule has 0 aromatic carbocycles. The van der Waals surface area contributed by atoms with E-state index in [0.717, 1.165) is 6.54 Å². The molecule has 64 valence electrons. The molecule has 0 saturated carbocycles. The summed E-state index contributed by atoms with van der Waals surface area (Å²) < 4.78 is 0. The van der Waals surface area contributed by atoms with Crippen LogP contribution < -0.4 is 0 Å². The van der Waals surface area contributed by atoms with Crippen LogP contribution in [0.2, 0.25) is 0 Å². The van der Waals surface area contributed by atoms with Crippen molar-refractivity contribution >= 4 is 5.91 Å². The number of piperidine rings is 1. The molecule has 11 heavy (non-hydrogen) atoms. The largest absolute Gasteiger partial charge is 0.340 e. The number of carbonyl (C=O) groups is 1. The second-order valence-electron chi connectivity index (χ2n) is 3.57. The van der Waals surface area contributed by atoms with Gasteiger partial charge >= 0.3 is 0 Å². The maximum absolute atomic E-state index is 11.1. The summed E-state index contributed by atoms with van der Waals surface area (Å²) in [6.45, 7) is 6.99. The van der Waals surface area contributed by atoms with Gasteiger partial charge in [-0.15, -0.1) is 0 Å². The fourth-order valence-electron chi connectivity index (χ4n) is 1.78. The highest BCUT2D eigenvalue weighted by Crippen LogP contribution is 2.22. The quantitative estimate of drug-likeness (QED) is 0.521. The van der Waals surface area contributed by atoms with Crippen LogP contribution in [0.3, 0.4) is 0 Å².